The maximum Gasteiger partial charge on any atom is 0.305 e. The van der Waals surface area contributed by atoms with Crippen molar-refractivity contribution in [2.24, 2.45) is 0 Å². The van der Waals surface area contributed by atoms with Crippen molar-refractivity contribution < 1.29 is 63.9 Å². The Kier molecular flexibility index (Phi) is 9.54. The van der Waals surface area contributed by atoms with Gasteiger partial charge in [-0.25, -0.2) is 0 Å². The fraction of sp³-hybridized carbons (Fsp3) is 0.889. The van der Waals surface area contributed by atoms with E-state index in [0.717, 1.165) is 0 Å². The number of aliphatic hydroxyl groups excluding tert-OH is 6. The van der Waals surface area contributed by atoms with Crippen LogP contribution in [-0.2, 0) is 33.3 Å². The summed E-state index contributed by atoms with van der Waals surface area (Å²) in [5.74, 6) is -1.16. The van der Waals surface area contributed by atoms with Gasteiger partial charge in [-0.2, -0.15) is 0 Å². The monoisotopic (exact) mass is 454 g/mol. The molecular weight excluding hydrogens is 424 g/mol. The van der Waals surface area contributed by atoms with Crippen molar-refractivity contribution in [2.45, 2.75) is 88.1 Å². The molecule has 0 amide bonds. The predicted molar refractivity (Wildman–Crippen MR) is 96.9 cm³/mol. The fourth-order valence-corrected chi connectivity index (χ4v) is 3.02. The van der Waals surface area contributed by atoms with Crippen LogP contribution in [0.1, 0.15) is 26.7 Å². The Labute approximate surface area is 178 Å². The zero-order valence-corrected chi connectivity index (χ0v) is 17.1. The highest BCUT2D eigenvalue weighted by Crippen LogP contribution is 2.28. The quantitative estimate of drug-likeness (QED) is 0.198. The number of hydrogen-bond donors (Lipinski definition) is 6. The maximum atomic E-state index is 11.3. The van der Waals surface area contributed by atoms with E-state index in [2.05, 4.69) is 0 Å². The van der Waals surface area contributed by atoms with Crippen molar-refractivity contribution in [2.75, 3.05) is 13.2 Å². The number of carbonyl (C=O) groups is 2. The van der Waals surface area contributed by atoms with E-state index in [0.29, 0.717) is 0 Å². The molecular formula is C18H30O13. The minimum atomic E-state index is -1.79. The molecule has 0 aromatic carbocycles. The summed E-state index contributed by atoms with van der Waals surface area (Å²) in [4.78, 5) is 22.7. The van der Waals surface area contributed by atoms with E-state index in [4.69, 9.17) is 23.7 Å². The molecule has 2 rings (SSSR count). The van der Waals surface area contributed by atoms with Gasteiger partial charge < -0.3 is 54.3 Å². The summed E-state index contributed by atoms with van der Waals surface area (Å²) in [6.45, 7) is 2.23. The Morgan fingerprint density at radius 2 is 1.00 bits per heavy atom. The third-order valence-electron chi connectivity index (χ3n) is 5.00. The summed E-state index contributed by atoms with van der Waals surface area (Å²) in [7, 11) is 0. The van der Waals surface area contributed by atoms with E-state index >= 15 is 0 Å². The molecule has 2 aliphatic heterocycles. The average molecular weight is 454 g/mol. The third-order valence-corrected chi connectivity index (χ3v) is 5.00. The molecule has 2 heterocycles. The molecule has 4 unspecified atom stereocenters. The van der Waals surface area contributed by atoms with Gasteiger partial charge in [-0.1, -0.05) is 13.8 Å². The van der Waals surface area contributed by atoms with Gasteiger partial charge in [0.25, 0.3) is 0 Å². The maximum absolute atomic E-state index is 11.3. The molecule has 10 atom stereocenters. The molecule has 0 aromatic rings. The summed E-state index contributed by atoms with van der Waals surface area (Å²) in [6, 6.07) is 0. The van der Waals surface area contributed by atoms with Crippen molar-refractivity contribution in [3.63, 3.8) is 0 Å². The molecule has 0 radical (unpaired) electrons. The first-order chi connectivity index (χ1) is 14.6. The Balaban J connectivity index is 2.06. The topological polar surface area (TPSA) is 202 Å². The van der Waals surface area contributed by atoms with Gasteiger partial charge in [0.15, 0.2) is 12.6 Å². The molecule has 0 spiro atoms. The van der Waals surface area contributed by atoms with Crippen LogP contribution >= 0.6 is 0 Å². The largest absolute Gasteiger partial charge is 0.463 e. The Morgan fingerprint density at radius 3 is 1.32 bits per heavy atom. The lowest BCUT2D eigenvalue weighted by molar-refractivity contribution is -0.376. The van der Waals surface area contributed by atoms with Crippen LogP contribution in [0.5, 0.6) is 0 Å². The molecule has 6 N–H and O–H groups in total. The Bertz CT molecular complexity index is 551. The minimum absolute atomic E-state index is 0.0697. The lowest BCUT2D eigenvalue weighted by Crippen LogP contribution is -2.64. The number of hydrogen-bond acceptors (Lipinski definition) is 13. The number of aliphatic hydroxyl groups is 6. The van der Waals surface area contributed by atoms with Crippen molar-refractivity contribution in [3.8, 4) is 0 Å². The molecule has 13 heteroatoms. The minimum Gasteiger partial charge on any atom is -0.463 e. The lowest BCUT2D eigenvalue weighted by atomic mass is 9.98. The SMILES string of the molecule is CCC(=O)OCC1O[C@H](O[C@@H]2OC(COC(=O)CC)[C@@H](O)[C@H](O)C2O)C(O)[C@@H](O)[C@@H]1O. The van der Waals surface area contributed by atoms with Crippen molar-refractivity contribution in [3.05, 3.63) is 0 Å². The second kappa shape index (κ2) is 11.4. The van der Waals surface area contributed by atoms with Crippen LogP contribution in [0.15, 0.2) is 0 Å². The summed E-state index contributed by atoms with van der Waals surface area (Å²) in [5, 5.41) is 60.6. The first kappa shape index (κ1) is 25.8. The Morgan fingerprint density at radius 1 is 0.645 bits per heavy atom. The van der Waals surface area contributed by atoms with Crippen LogP contribution in [-0.4, -0.2) is 117 Å². The summed E-state index contributed by atoms with van der Waals surface area (Å²) < 4.78 is 25.8. The normalized spacial score (nSPS) is 40.9. The molecule has 0 aromatic heterocycles. The van der Waals surface area contributed by atoms with Crippen LogP contribution in [0.25, 0.3) is 0 Å². The van der Waals surface area contributed by atoms with E-state index in [1.807, 2.05) is 0 Å². The van der Waals surface area contributed by atoms with E-state index in [-0.39, 0.29) is 12.8 Å². The average Bonchev–Trinajstić information content (AvgIpc) is 2.77. The van der Waals surface area contributed by atoms with Crippen LogP contribution in [0, 0.1) is 0 Å². The van der Waals surface area contributed by atoms with E-state index in [9.17, 15) is 40.2 Å². The smallest absolute Gasteiger partial charge is 0.305 e. The second-order valence-corrected chi connectivity index (χ2v) is 7.24. The van der Waals surface area contributed by atoms with Crippen LogP contribution in [0.3, 0.4) is 0 Å². The van der Waals surface area contributed by atoms with Gasteiger partial charge in [-0.3, -0.25) is 9.59 Å². The molecule has 0 bridgehead atoms. The van der Waals surface area contributed by atoms with E-state index < -0.39 is 86.6 Å². The third kappa shape index (κ3) is 6.31. The van der Waals surface area contributed by atoms with Gasteiger partial charge in [0.05, 0.1) is 0 Å². The first-order valence-electron chi connectivity index (χ1n) is 9.96. The summed E-state index contributed by atoms with van der Waals surface area (Å²) in [5.41, 5.74) is 0. The summed E-state index contributed by atoms with van der Waals surface area (Å²) in [6.07, 6.45) is -16.0. The molecule has 31 heavy (non-hydrogen) atoms. The standard InChI is InChI=1S/C18H30O13/c1-3-9(19)27-5-7-11(21)13(23)15(25)17(29-7)31-18-16(26)14(24)12(22)8(30-18)6-28-10(20)4-2/h7-8,11-18,21-26H,3-6H2,1-2H3/t7?,8?,11-,12-,13+,14+,15?,16?,17-,18+/m1/s1. The second-order valence-electron chi connectivity index (χ2n) is 7.24. The van der Waals surface area contributed by atoms with Gasteiger partial charge in [-0.05, 0) is 0 Å². The molecule has 0 aliphatic carbocycles. The van der Waals surface area contributed by atoms with E-state index in [1.165, 1.54) is 0 Å². The van der Waals surface area contributed by atoms with Gasteiger partial charge in [-0.15, -0.1) is 0 Å². The van der Waals surface area contributed by atoms with Gasteiger partial charge in [0.2, 0.25) is 0 Å². The molecule has 0 saturated carbocycles. The zero-order chi connectivity index (χ0) is 23.3. The molecule has 2 aliphatic rings. The molecule has 180 valence electrons. The van der Waals surface area contributed by atoms with Gasteiger partial charge in [0, 0.05) is 12.8 Å². The highest BCUT2D eigenvalue weighted by Gasteiger charge is 2.50. The van der Waals surface area contributed by atoms with Crippen LogP contribution in [0.2, 0.25) is 0 Å². The Hall–Kier alpha value is -1.42. The van der Waals surface area contributed by atoms with Gasteiger partial charge >= 0.3 is 11.9 Å². The number of rotatable bonds is 8. The van der Waals surface area contributed by atoms with E-state index in [1.54, 1.807) is 13.8 Å². The fourth-order valence-electron chi connectivity index (χ4n) is 3.02. The van der Waals surface area contributed by atoms with Crippen LogP contribution in [0.4, 0.5) is 0 Å². The van der Waals surface area contributed by atoms with Gasteiger partial charge in [0.1, 0.15) is 62.0 Å². The molecule has 13 nitrogen and oxygen atoms in total. The number of esters is 2. The summed E-state index contributed by atoms with van der Waals surface area (Å²) >= 11 is 0. The van der Waals surface area contributed by atoms with Crippen LogP contribution < -0.4 is 0 Å². The zero-order valence-electron chi connectivity index (χ0n) is 17.1. The lowest BCUT2D eigenvalue weighted by Gasteiger charge is -2.44. The van der Waals surface area contributed by atoms with Crippen molar-refractivity contribution in [1.82, 2.24) is 0 Å². The highest BCUT2D eigenvalue weighted by atomic mass is 16.8. The molecule has 2 fully saturated rings. The molecule has 2 saturated heterocycles. The van der Waals surface area contributed by atoms with Crippen molar-refractivity contribution in [1.29, 1.82) is 0 Å². The number of carbonyl (C=O) groups excluding carboxylic acids is 2. The predicted octanol–water partition coefficient (Wildman–Crippen LogP) is -3.48. The van der Waals surface area contributed by atoms with Crippen molar-refractivity contribution >= 4 is 11.9 Å². The first-order valence-corrected chi connectivity index (χ1v) is 9.96. The highest BCUT2D eigenvalue weighted by molar-refractivity contribution is 5.69. The number of ether oxygens (including phenoxy) is 5.